The van der Waals surface area contributed by atoms with Gasteiger partial charge in [0.2, 0.25) is 5.91 Å². The Kier molecular flexibility index (Phi) is 4.66. The highest BCUT2D eigenvalue weighted by Crippen LogP contribution is 2.25. The van der Waals surface area contributed by atoms with E-state index in [-0.39, 0.29) is 17.9 Å². The number of halogens is 2. The molecule has 1 aromatic heterocycles. The molecule has 0 aliphatic rings. The molecule has 0 saturated carbocycles. The summed E-state index contributed by atoms with van der Waals surface area (Å²) < 4.78 is 27.0. The molecule has 3 aromatic rings. The van der Waals surface area contributed by atoms with Gasteiger partial charge in [0, 0.05) is 16.6 Å². The van der Waals surface area contributed by atoms with E-state index in [9.17, 15) is 13.6 Å². The quantitative estimate of drug-likeness (QED) is 0.753. The number of aryl methyl sites for hydroxylation is 1. The van der Waals surface area contributed by atoms with Crippen molar-refractivity contribution in [1.29, 1.82) is 0 Å². The third-order valence-corrected chi connectivity index (χ3v) is 4.25. The lowest BCUT2D eigenvalue weighted by atomic mass is 10.1. The van der Waals surface area contributed by atoms with E-state index in [1.165, 1.54) is 11.3 Å². The van der Waals surface area contributed by atoms with E-state index in [0.29, 0.717) is 16.4 Å². The van der Waals surface area contributed by atoms with Crippen LogP contribution < -0.4 is 5.32 Å². The number of hydrogen-bond acceptors (Lipinski definition) is 3. The van der Waals surface area contributed by atoms with Crippen LogP contribution in [-0.2, 0) is 11.2 Å². The van der Waals surface area contributed by atoms with Gasteiger partial charge in [-0.05, 0) is 37.3 Å². The van der Waals surface area contributed by atoms with Crippen LogP contribution >= 0.6 is 11.3 Å². The first-order valence-corrected chi connectivity index (χ1v) is 8.15. The summed E-state index contributed by atoms with van der Waals surface area (Å²) in [5.74, 6) is -1.28. The van der Waals surface area contributed by atoms with E-state index in [1.807, 2.05) is 31.2 Å². The Morgan fingerprint density at radius 3 is 2.67 bits per heavy atom. The monoisotopic (exact) mass is 344 g/mol. The lowest BCUT2D eigenvalue weighted by Crippen LogP contribution is -2.14. The van der Waals surface area contributed by atoms with E-state index >= 15 is 0 Å². The lowest BCUT2D eigenvalue weighted by Gasteiger charge is -2.04. The molecule has 0 saturated heterocycles. The molecule has 3 rings (SSSR count). The SMILES string of the molecule is Cc1ccc(NC(=O)Cc2nc(-c3cc(F)ccc3F)cs2)cc1. The van der Waals surface area contributed by atoms with Crippen molar-refractivity contribution < 1.29 is 13.6 Å². The van der Waals surface area contributed by atoms with E-state index in [4.69, 9.17) is 0 Å². The minimum atomic E-state index is -0.544. The average molecular weight is 344 g/mol. The van der Waals surface area contributed by atoms with Crippen molar-refractivity contribution in [3.8, 4) is 11.3 Å². The van der Waals surface area contributed by atoms with Crippen LogP contribution in [-0.4, -0.2) is 10.9 Å². The third kappa shape index (κ3) is 3.83. The van der Waals surface area contributed by atoms with Crippen LogP contribution in [0.3, 0.4) is 0 Å². The van der Waals surface area contributed by atoms with Crippen LogP contribution in [0.2, 0.25) is 0 Å². The number of benzene rings is 2. The van der Waals surface area contributed by atoms with Gasteiger partial charge in [0.15, 0.2) is 0 Å². The van der Waals surface area contributed by atoms with Gasteiger partial charge in [0.05, 0.1) is 12.1 Å². The zero-order valence-electron chi connectivity index (χ0n) is 12.8. The first-order chi connectivity index (χ1) is 11.5. The fourth-order valence-corrected chi connectivity index (χ4v) is 2.98. The molecule has 6 heteroatoms. The molecule has 1 amide bonds. The number of carbonyl (C=O) groups is 1. The number of thiazole rings is 1. The Morgan fingerprint density at radius 1 is 1.17 bits per heavy atom. The molecule has 0 bridgehead atoms. The molecule has 0 aliphatic carbocycles. The van der Waals surface area contributed by atoms with Crippen molar-refractivity contribution in [2.45, 2.75) is 13.3 Å². The Hall–Kier alpha value is -2.60. The minimum Gasteiger partial charge on any atom is -0.326 e. The van der Waals surface area contributed by atoms with Gasteiger partial charge in [-0.2, -0.15) is 0 Å². The molecule has 1 heterocycles. The minimum absolute atomic E-state index is 0.0788. The highest BCUT2D eigenvalue weighted by Gasteiger charge is 2.13. The largest absolute Gasteiger partial charge is 0.326 e. The highest BCUT2D eigenvalue weighted by molar-refractivity contribution is 7.10. The van der Waals surface area contributed by atoms with Crippen molar-refractivity contribution >= 4 is 22.9 Å². The second-order valence-electron chi connectivity index (χ2n) is 5.34. The summed E-state index contributed by atoms with van der Waals surface area (Å²) in [7, 11) is 0. The van der Waals surface area contributed by atoms with Crippen molar-refractivity contribution in [3.05, 3.63) is 70.1 Å². The number of nitrogens with zero attached hydrogens (tertiary/aromatic N) is 1. The molecule has 0 unspecified atom stereocenters. The molecule has 0 spiro atoms. The fraction of sp³-hybridized carbons (Fsp3) is 0.111. The van der Waals surface area contributed by atoms with Crippen molar-refractivity contribution in [2.24, 2.45) is 0 Å². The second-order valence-corrected chi connectivity index (χ2v) is 6.28. The summed E-state index contributed by atoms with van der Waals surface area (Å²) in [6.45, 7) is 1.97. The molecule has 24 heavy (non-hydrogen) atoms. The topological polar surface area (TPSA) is 42.0 Å². The van der Waals surface area contributed by atoms with Gasteiger partial charge in [-0.15, -0.1) is 11.3 Å². The standard InChI is InChI=1S/C18H14F2N2OS/c1-11-2-5-13(6-3-11)21-17(23)9-18-22-16(10-24-18)14-8-12(19)4-7-15(14)20/h2-8,10H,9H2,1H3,(H,21,23). The molecule has 0 fully saturated rings. The smallest absolute Gasteiger partial charge is 0.231 e. The number of anilines is 1. The molecule has 0 aliphatic heterocycles. The Morgan fingerprint density at radius 2 is 1.92 bits per heavy atom. The molecule has 0 atom stereocenters. The lowest BCUT2D eigenvalue weighted by molar-refractivity contribution is -0.115. The number of amides is 1. The summed E-state index contributed by atoms with van der Waals surface area (Å²) >= 11 is 1.24. The molecule has 1 N–H and O–H groups in total. The molecule has 3 nitrogen and oxygen atoms in total. The third-order valence-electron chi connectivity index (χ3n) is 3.40. The van der Waals surface area contributed by atoms with E-state index < -0.39 is 11.6 Å². The number of aromatic nitrogens is 1. The van der Waals surface area contributed by atoms with Crippen LogP contribution in [0.4, 0.5) is 14.5 Å². The fourth-order valence-electron chi connectivity index (χ4n) is 2.19. The van der Waals surface area contributed by atoms with Crippen LogP contribution in [0, 0.1) is 18.6 Å². The molecule has 0 radical (unpaired) electrons. The van der Waals surface area contributed by atoms with Crippen LogP contribution in [0.1, 0.15) is 10.6 Å². The van der Waals surface area contributed by atoms with Gasteiger partial charge in [0.1, 0.15) is 16.6 Å². The normalized spacial score (nSPS) is 10.6. The molecule has 122 valence electrons. The number of nitrogens with one attached hydrogen (secondary N) is 1. The molecular formula is C18H14F2N2OS. The van der Waals surface area contributed by atoms with Gasteiger partial charge in [-0.1, -0.05) is 17.7 Å². The van der Waals surface area contributed by atoms with Gasteiger partial charge in [-0.25, -0.2) is 13.8 Å². The number of rotatable bonds is 4. The van der Waals surface area contributed by atoms with Crippen LogP contribution in [0.25, 0.3) is 11.3 Å². The predicted molar refractivity (Wildman–Crippen MR) is 91.0 cm³/mol. The Bertz CT molecular complexity index is 875. The van der Waals surface area contributed by atoms with E-state index in [2.05, 4.69) is 10.3 Å². The average Bonchev–Trinajstić information content (AvgIpc) is 3.00. The zero-order chi connectivity index (χ0) is 17.1. The van der Waals surface area contributed by atoms with Crippen LogP contribution in [0.15, 0.2) is 47.8 Å². The van der Waals surface area contributed by atoms with E-state index in [0.717, 1.165) is 23.8 Å². The maximum Gasteiger partial charge on any atom is 0.231 e. The van der Waals surface area contributed by atoms with Crippen molar-refractivity contribution in [2.75, 3.05) is 5.32 Å². The maximum atomic E-state index is 13.8. The van der Waals surface area contributed by atoms with Crippen molar-refractivity contribution in [1.82, 2.24) is 4.98 Å². The van der Waals surface area contributed by atoms with E-state index in [1.54, 1.807) is 5.38 Å². The zero-order valence-corrected chi connectivity index (χ0v) is 13.7. The summed E-state index contributed by atoms with van der Waals surface area (Å²) in [6, 6.07) is 10.7. The molecular weight excluding hydrogens is 330 g/mol. The first kappa shape index (κ1) is 16.3. The second kappa shape index (κ2) is 6.88. The first-order valence-electron chi connectivity index (χ1n) is 7.27. The summed E-state index contributed by atoms with van der Waals surface area (Å²) in [4.78, 5) is 16.3. The number of hydrogen-bond donors (Lipinski definition) is 1. The van der Waals surface area contributed by atoms with Crippen LogP contribution in [0.5, 0.6) is 0 Å². The van der Waals surface area contributed by atoms with Gasteiger partial charge < -0.3 is 5.32 Å². The molecule has 2 aromatic carbocycles. The van der Waals surface area contributed by atoms with Gasteiger partial charge in [-0.3, -0.25) is 4.79 Å². The summed E-state index contributed by atoms with van der Waals surface area (Å²) in [5.41, 5.74) is 2.24. The summed E-state index contributed by atoms with van der Waals surface area (Å²) in [5, 5.41) is 4.94. The number of carbonyl (C=O) groups excluding carboxylic acids is 1. The van der Waals surface area contributed by atoms with Gasteiger partial charge >= 0.3 is 0 Å². The van der Waals surface area contributed by atoms with Gasteiger partial charge in [0.25, 0.3) is 0 Å². The Balaban J connectivity index is 1.70. The summed E-state index contributed by atoms with van der Waals surface area (Å²) in [6.07, 6.45) is 0.0788. The highest BCUT2D eigenvalue weighted by atomic mass is 32.1. The Labute approximate surface area is 142 Å². The predicted octanol–water partition coefficient (Wildman–Crippen LogP) is 4.58. The van der Waals surface area contributed by atoms with Crippen molar-refractivity contribution in [3.63, 3.8) is 0 Å². The maximum absolute atomic E-state index is 13.8.